The second-order valence-corrected chi connectivity index (χ2v) is 5.45. The van der Waals surface area contributed by atoms with Gasteiger partial charge in [-0.15, -0.1) is 0 Å². The van der Waals surface area contributed by atoms with Gasteiger partial charge in [0.15, 0.2) is 0 Å². The monoisotopic (exact) mass is 228 g/mol. The van der Waals surface area contributed by atoms with Crippen molar-refractivity contribution < 1.29 is 8.42 Å². The fourth-order valence-corrected chi connectivity index (χ4v) is 2.44. The van der Waals surface area contributed by atoms with E-state index < -0.39 is 10.0 Å². The Balaban J connectivity index is 2.92. The highest BCUT2D eigenvalue weighted by Gasteiger charge is 2.17. The van der Waals surface area contributed by atoms with Crippen LogP contribution in [-0.2, 0) is 15.8 Å². The van der Waals surface area contributed by atoms with Crippen molar-refractivity contribution in [1.29, 1.82) is 0 Å². The van der Waals surface area contributed by atoms with Crippen molar-refractivity contribution in [2.75, 3.05) is 19.3 Å². The Labute approximate surface area is 90.8 Å². The third kappa shape index (κ3) is 2.94. The van der Waals surface area contributed by atoms with Crippen LogP contribution in [0, 0.1) is 0 Å². The smallest absolute Gasteiger partial charge is 0.218 e. The summed E-state index contributed by atoms with van der Waals surface area (Å²) in [6.45, 7) is 2.26. The summed E-state index contributed by atoms with van der Waals surface area (Å²) in [5, 5.41) is 0. The topological polar surface area (TPSA) is 63.4 Å². The van der Waals surface area contributed by atoms with Gasteiger partial charge in [0, 0.05) is 19.3 Å². The molecule has 4 nitrogen and oxygen atoms in total. The van der Waals surface area contributed by atoms with E-state index in [0.29, 0.717) is 17.8 Å². The van der Waals surface area contributed by atoms with Crippen LogP contribution in [0.4, 0.5) is 5.69 Å². The predicted molar refractivity (Wildman–Crippen MR) is 61.8 cm³/mol. The van der Waals surface area contributed by atoms with Crippen LogP contribution in [0.3, 0.4) is 0 Å². The highest BCUT2D eigenvalue weighted by molar-refractivity contribution is 7.88. The molecule has 0 saturated carbocycles. The largest absolute Gasteiger partial charge is 0.398 e. The third-order valence-corrected chi connectivity index (χ3v) is 4.20. The van der Waals surface area contributed by atoms with Gasteiger partial charge in [-0.3, -0.25) is 0 Å². The average Bonchev–Trinajstić information content (AvgIpc) is 2.20. The first-order valence-electron chi connectivity index (χ1n) is 4.74. The van der Waals surface area contributed by atoms with Gasteiger partial charge in [-0.25, -0.2) is 12.7 Å². The number of anilines is 1. The minimum absolute atomic E-state index is 0.0377. The van der Waals surface area contributed by atoms with E-state index in [4.69, 9.17) is 5.73 Å². The summed E-state index contributed by atoms with van der Waals surface area (Å²) in [6, 6.07) is 7.01. The summed E-state index contributed by atoms with van der Waals surface area (Å²) in [6.07, 6.45) is 0. The van der Waals surface area contributed by atoms with Gasteiger partial charge in [-0.05, 0) is 11.6 Å². The van der Waals surface area contributed by atoms with Gasteiger partial charge < -0.3 is 5.73 Å². The molecule has 0 amide bonds. The Morgan fingerprint density at radius 3 is 2.47 bits per heavy atom. The summed E-state index contributed by atoms with van der Waals surface area (Å²) >= 11 is 0. The second kappa shape index (κ2) is 4.63. The molecule has 0 spiro atoms. The molecule has 2 N–H and O–H groups in total. The fraction of sp³-hybridized carbons (Fsp3) is 0.400. The number of sulfonamides is 1. The highest BCUT2D eigenvalue weighted by Crippen LogP contribution is 2.15. The zero-order valence-electron chi connectivity index (χ0n) is 8.97. The third-order valence-electron chi connectivity index (χ3n) is 2.31. The molecule has 0 radical (unpaired) electrons. The van der Waals surface area contributed by atoms with Crippen molar-refractivity contribution in [3.63, 3.8) is 0 Å². The number of nitrogen functional groups attached to an aromatic ring is 1. The molecule has 0 fully saturated rings. The van der Waals surface area contributed by atoms with Crippen LogP contribution in [0.15, 0.2) is 24.3 Å². The molecule has 0 heterocycles. The number of hydrogen-bond acceptors (Lipinski definition) is 3. The van der Waals surface area contributed by atoms with Crippen molar-refractivity contribution >= 4 is 15.7 Å². The number of hydrogen-bond donors (Lipinski definition) is 1. The molecule has 0 bridgehead atoms. The summed E-state index contributed by atoms with van der Waals surface area (Å²) in [7, 11) is -1.67. The van der Waals surface area contributed by atoms with Crippen LogP contribution in [-0.4, -0.2) is 26.3 Å². The van der Waals surface area contributed by atoms with Crippen molar-refractivity contribution in [2.24, 2.45) is 0 Å². The van der Waals surface area contributed by atoms with Crippen LogP contribution in [0.2, 0.25) is 0 Å². The molecule has 1 rings (SSSR count). The standard InChI is InChI=1S/C10H16N2O2S/c1-3-12(2)15(13,14)8-9-6-4-5-7-10(9)11/h4-7H,3,8,11H2,1-2H3. The molecular weight excluding hydrogens is 212 g/mol. The molecular formula is C10H16N2O2S. The Morgan fingerprint density at radius 1 is 1.33 bits per heavy atom. The summed E-state index contributed by atoms with van der Waals surface area (Å²) in [5.74, 6) is -0.0377. The van der Waals surface area contributed by atoms with E-state index in [0.717, 1.165) is 0 Å². The molecule has 0 atom stereocenters. The first-order valence-corrected chi connectivity index (χ1v) is 6.35. The Kier molecular flexibility index (Phi) is 3.71. The van der Waals surface area contributed by atoms with E-state index in [1.807, 2.05) is 0 Å². The van der Waals surface area contributed by atoms with Gasteiger partial charge in [-0.2, -0.15) is 0 Å². The van der Waals surface area contributed by atoms with E-state index in [9.17, 15) is 8.42 Å². The Hall–Kier alpha value is -1.07. The molecule has 0 aromatic heterocycles. The zero-order chi connectivity index (χ0) is 11.5. The lowest BCUT2D eigenvalue weighted by Gasteiger charge is -2.15. The molecule has 84 valence electrons. The summed E-state index contributed by atoms with van der Waals surface area (Å²) < 4.78 is 24.8. The molecule has 15 heavy (non-hydrogen) atoms. The SMILES string of the molecule is CCN(C)S(=O)(=O)Cc1ccccc1N. The first kappa shape index (κ1) is 12.0. The average molecular weight is 228 g/mol. The van der Waals surface area contributed by atoms with Crippen LogP contribution in [0.1, 0.15) is 12.5 Å². The van der Waals surface area contributed by atoms with Crippen LogP contribution < -0.4 is 5.73 Å². The summed E-state index contributed by atoms with van der Waals surface area (Å²) in [4.78, 5) is 0. The molecule has 1 aromatic carbocycles. The summed E-state index contributed by atoms with van der Waals surface area (Å²) in [5.41, 5.74) is 6.86. The zero-order valence-corrected chi connectivity index (χ0v) is 9.79. The van der Waals surface area contributed by atoms with Crippen molar-refractivity contribution in [3.8, 4) is 0 Å². The number of rotatable bonds is 4. The van der Waals surface area contributed by atoms with Gasteiger partial charge >= 0.3 is 0 Å². The van der Waals surface area contributed by atoms with E-state index in [1.54, 1.807) is 38.2 Å². The second-order valence-electron chi connectivity index (χ2n) is 3.37. The first-order chi connectivity index (χ1) is 6.97. The van der Waals surface area contributed by atoms with Gasteiger partial charge in [-0.1, -0.05) is 25.1 Å². The molecule has 0 aliphatic carbocycles. The maximum Gasteiger partial charge on any atom is 0.218 e. The minimum atomic E-state index is -3.23. The van der Waals surface area contributed by atoms with Crippen LogP contribution in [0.25, 0.3) is 0 Å². The molecule has 0 saturated heterocycles. The van der Waals surface area contributed by atoms with Crippen molar-refractivity contribution in [1.82, 2.24) is 4.31 Å². The molecule has 1 aromatic rings. The van der Waals surface area contributed by atoms with Gasteiger partial charge in [0.05, 0.1) is 5.75 Å². The van der Waals surface area contributed by atoms with E-state index in [-0.39, 0.29) is 5.75 Å². The van der Waals surface area contributed by atoms with Crippen molar-refractivity contribution in [2.45, 2.75) is 12.7 Å². The molecule has 5 heteroatoms. The number of benzene rings is 1. The number of para-hydroxylation sites is 1. The number of nitrogens with two attached hydrogens (primary N) is 1. The lowest BCUT2D eigenvalue weighted by Crippen LogP contribution is -2.28. The normalized spacial score (nSPS) is 11.9. The van der Waals surface area contributed by atoms with E-state index in [2.05, 4.69) is 0 Å². The van der Waals surface area contributed by atoms with Crippen LogP contribution in [0.5, 0.6) is 0 Å². The molecule has 0 unspecified atom stereocenters. The molecule has 0 aliphatic rings. The highest BCUT2D eigenvalue weighted by atomic mass is 32.2. The predicted octanol–water partition coefficient (Wildman–Crippen LogP) is 1.05. The quantitative estimate of drug-likeness (QED) is 0.783. The lowest BCUT2D eigenvalue weighted by molar-refractivity contribution is 0.485. The lowest BCUT2D eigenvalue weighted by atomic mass is 10.2. The van der Waals surface area contributed by atoms with Gasteiger partial charge in [0.25, 0.3) is 0 Å². The maximum atomic E-state index is 11.8. The van der Waals surface area contributed by atoms with E-state index in [1.165, 1.54) is 4.31 Å². The minimum Gasteiger partial charge on any atom is -0.398 e. The van der Waals surface area contributed by atoms with Gasteiger partial charge in [0.2, 0.25) is 10.0 Å². The van der Waals surface area contributed by atoms with Gasteiger partial charge in [0.1, 0.15) is 0 Å². The van der Waals surface area contributed by atoms with Crippen molar-refractivity contribution in [3.05, 3.63) is 29.8 Å². The Bertz CT molecular complexity index is 429. The fourth-order valence-electron chi connectivity index (χ4n) is 1.17. The molecule has 0 aliphatic heterocycles. The number of nitrogens with zero attached hydrogens (tertiary/aromatic N) is 1. The van der Waals surface area contributed by atoms with Crippen LogP contribution >= 0.6 is 0 Å². The Morgan fingerprint density at radius 2 is 1.93 bits per heavy atom. The maximum absolute atomic E-state index is 11.8. The van der Waals surface area contributed by atoms with E-state index >= 15 is 0 Å².